The van der Waals surface area contributed by atoms with Crippen molar-refractivity contribution in [3.05, 3.63) is 77.6 Å². The van der Waals surface area contributed by atoms with Crippen molar-refractivity contribution in [1.82, 2.24) is 9.78 Å². The molecule has 1 aromatic heterocycles. The number of amides is 1. The van der Waals surface area contributed by atoms with Crippen LogP contribution in [-0.4, -0.2) is 22.7 Å². The highest BCUT2D eigenvalue weighted by Gasteiger charge is 2.34. The third-order valence-electron chi connectivity index (χ3n) is 4.79. The molecule has 0 bridgehead atoms. The number of rotatable bonds is 4. The van der Waals surface area contributed by atoms with Gasteiger partial charge in [-0.2, -0.15) is 5.10 Å². The summed E-state index contributed by atoms with van der Waals surface area (Å²) in [5, 5.41) is 4.57. The van der Waals surface area contributed by atoms with Crippen molar-refractivity contribution < 1.29 is 4.79 Å². The molecule has 1 saturated carbocycles. The van der Waals surface area contributed by atoms with Crippen LogP contribution in [0.3, 0.4) is 0 Å². The van der Waals surface area contributed by atoms with E-state index in [1.54, 1.807) is 11.1 Å². The molecule has 0 saturated heterocycles. The first-order chi connectivity index (χ1) is 12.2. The predicted molar refractivity (Wildman–Crippen MR) is 99.5 cm³/mol. The quantitative estimate of drug-likeness (QED) is 0.713. The number of aryl methyl sites for hydroxylation is 1. The summed E-state index contributed by atoms with van der Waals surface area (Å²) in [7, 11) is 1.82. The lowest BCUT2D eigenvalue weighted by Crippen LogP contribution is -2.27. The second-order valence-electron chi connectivity index (χ2n) is 6.62. The number of hydrogen-bond acceptors (Lipinski definition) is 2. The van der Waals surface area contributed by atoms with Gasteiger partial charge in [-0.1, -0.05) is 36.4 Å². The van der Waals surface area contributed by atoms with Crippen LogP contribution in [0.1, 0.15) is 40.4 Å². The molecule has 1 amide bonds. The zero-order chi connectivity index (χ0) is 17.4. The molecule has 0 atom stereocenters. The maximum absolute atomic E-state index is 13.1. The first-order valence-corrected chi connectivity index (χ1v) is 8.64. The summed E-state index contributed by atoms with van der Waals surface area (Å²) in [6.07, 6.45) is 3.96. The molecule has 0 spiro atoms. The van der Waals surface area contributed by atoms with Gasteiger partial charge >= 0.3 is 0 Å². The van der Waals surface area contributed by atoms with E-state index in [0.29, 0.717) is 11.5 Å². The normalized spacial score (nSPS) is 13.7. The van der Waals surface area contributed by atoms with Gasteiger partial charge in [0.1, 0.15) is 0 Å². The van der Waals surface area contributed by atoms with Gasteiger partial charge in [0.25, 0.3) is 5.91 Å². The van der Waals surface area contributed by atoms with Crippen LogP contribution in [0.5, 0.6) is 0 Å². The van der Waals surface area contributed by atoms with Gasteiger partial charge in [-0.05, 0) is 43.5 Å². The first kappa shape index (κ1) is 15.6. The van der Waals surface area contributed by atoms with Gasteiger partial charge in [0.05, 0.1) is 23.1 Å². The Morgan fingerprint density at radius 3 is 2.44 bits per heavy atom. The van der Waals surface area contributed by atoms with Crippen molar-refractivity contribution in [3.8, 4) is 5.69 Å². The van der Waals surface area contributed by atoms with Crippen molar-refractivity contribution in [2.75, 3.05) is 11.9 Å². The second-order valence-corrected chi connectivity index (χ2v) is 6.62. The van der Waals surface area contributed by atoms with Crippen molar-refractivity contribution >= 4 is 11.6 Å². The Bertz CT molecular complexity index is 910. The topological polar surface area (TPSA) is 38.1 Å². The van der Waals surface area contributed by atoms with Gasteiger partial charge in [-0.15, -0.1) is 0 Å². The highest BCUT2D eigenvalue weighted by molar-refractivity contribution is 6.06. The fourth-order valence-electron chi connectivity index (χ4n) is 3.21. The molecule has 4 rings (SSSR count). The van der Waals surface area contributed by atoms with Crippen molar-refractivity contribution in [2.45, 2.75) is 25.7 Å². The number of para-hydroxylation sites is 2. The largest absolute Gasteiger partial charge is 0.311 e. The standard InChI is InChI=1S/C21H21N3O/c1-15-8-6-7-11-19(15)24-20(16-12-13-16)18(14-22-24)21(25)23(2)17-9-4-3-5-10-17/h3-11,14,16H,12-13H2,1-2H3. The van der Waals surface area contributed by atoms with Gasteiger partial charge in [-0.25, -0.2) is 4.68 Å². The van der Waals surface area contributed by atoms with Crippen LogP contribution in [-0.2, 0) is 0 Å². The smallest absolute Gasteiger partial charge is 0.261 e. The summed E-state index contributed by atoms with van der Waals surface area (Å²) in [5.74, 6) is 0.415. The summed E-state index contributed by atoms with van der Waals surface area (Å²) in [5.41, 5.74) is 4.84. The Balaban J connectivity index is 1.76. The molecule has 0 unspecified atom stereocenters. The summed E-state index contributed by atoms with van der Waals surface area (Å²) < 4.78 is 1.96. The predicted octanol–water partition coefficient (Wildman–Crippen LogP) is 4.33. The minimum atomic E-state index is -0.00654. The maximum Gasteiger partial charge on any atom is 0.261 e. The first-order valence-electron chi connectivity index (χ1n) is 8.64. The average Bonchev–Trinajstić information content (AvgIpc) is 3.40. The summed E-state index contributed by atoms with van der Waals surface area (Å²) >= 11 is 0. The zero-order valence-electron chi connectivity index (χ0n) is 14.5. The van der Waals surface area contributed by atoms with E-state index >= 15 is 0 Å². The highest BCUT2D eigenvalue weighted by Crippen LogP contribution is 2.43. The molecule has 1 aliphatic carbocycles. The lowest BCUT2D eigenvalue weighted by molar-refractivity contribution is 0.0992. The van der Waals surface area contributed by atoms with E-state index in [1.807, 2.05) is 54.2 Å². The number of hydrogen-bond donors (Lipinski definition) is 0. The Hall–Kier alpha value is -2.88. The molecular weight excluding hydrogens is 310 g/mol. The van der Waals surface area contributed by atoms with E-state index in [9.17, 15) is 4.79 Å². The fraction of sp³-hybridized carbons (Fsp3) is 0.238. The van der Waals surface area contributed by atoms with E-state index in [2.05, 4.69) is 24.2 Å². The summed E-state index contributed by atoms with van der Waals surface area (Å²) in [6.45, 7) is 2.07. The number of nitrogens with zero attached hydrogens (tertiary/aromatic N) is 3. The molecule has 2 aromatic carbocycles. The van der Waals surface area contributed by atoms with E-state index in [4.69, 9.17) is 0 Å². The molecule has 0 N–H and O–H groups in total. The third kappa shape index (κ3) is 2.84. The summed E-state index contributed by atoms with van der Waals surface area (Å²) in [6, 6.07) is 17.9. The van der Waals surface area contributed by atoms with Gasteiger partial charge in [-0.3, -0.25) is 4.79 Å². The molecule has 1 fully saturated rings. The molecule has 1 heterocycles. The lowest BCUT2D eigenvalue weighted by Gasteiger charge is -2.18. The number of carbonyl (C=O) groups excluding carboxylic acids is 1. The van der Waals surface area contributed by atoms with Crippen LogP contribution in [0.2, 0.25) is 0 Å². The van der Waals surface area contributed by atoms with Crippen LogP contribution in [0.4, 0.5) is 5.69 Å². The Morgan fingerprint density at radius 2 is 1.76 bits per heavy atom. The van der Waals surface area contributed by atoms with E-state index in [1.165, 1.54) is 0 Å². The molecular formula is C21H21N3O. The number of carbonyl (C=O) groups is 1. The van der Waals surface area contributed by atoms with Crippen LogP contribution < -0.4 is 4.90 Å². The highest BCUT2D eigenvalue weighted by atomic mass is 16.2. The molecule has 0 aliphatic heterocycles. The van der Waals surface area contributed by atoms with Gasteiger partial charge in [0, 0.05) is 18.7 Å². The fourth-order valence-corrected chi connectivity index (χ4v) is 3.21. The molecule has 126 valence electrons. The van der Waals surface area contributed by atoms with Gasteiger partial charge in [0.15, 0.2) is 0 Å². The Kier molecular flexibility index (Phi) is 3.88. The van der Waals surface area contributed by atoms with Crippen molar-refractivity contribution in [3.63, 3.8) is 0 Å². The molecule has 25 heavy (non-hydrogen) atoms. The average molecular weight is 331 g/mol. The summed E-state index contributed by atoms with van der Waals surface area (Å²) in [4.78, 5) is 14.8. The SMILES string of the molecule is Cc1ccccc1-n1ncc(C(=O)N(C)c2ccccc2)c1C1CC1. The van der Waals surface area contributed by atoms with Crippen LogP contribution in [0.15, 0.2) is 60.8 Å². The number of benzene rings is 2. The van der Waals surface area contributed by atoms with Gasteiger partial charge in [0.2, 0.25) is 0 Å². The molecule has 1 aliphatic rings. The monoisotopic (exact) mass is 331 g/mol. The lowest BCUT2D eigenvalue weighted by atomic mass is 10.1. The minimum absolute atomic E-state index is 0.00654. The Morgan fingerprint density at radius 1 is 1.08 bits per heavy atom. The van der Waals surface area contributed by atoms with Gasteiger partial charge < -0.3 is 4.90 Å². The molecule has 0 radical (unpaired) electrons. The zero-order valence-corrected chi connectivity index (χ0v) is 14.5. The second kappa shape index (κ2) is 6.20. The van der Waals surface area contributed by atoms with Crippen LogP contribution >= 0.6 is 0 Å². The number of anilines is 1. The number of aromatic nitrogens is 2. The third-order valence-corrected chi connectivity index (χ3v) is 4.79. The van der Waals surface area contributed by atoms with E-state index in [-0.39, 0.29) is 5.91 Å². The molecule has 4 nitrogen and oxygen atoms in total. The Labute approximate surface area is 147 Å². The van der Waals surface area contributed by atoms with Crippen molar-refractivity contribution in [1.29, 1.82) is 0 Å². The molecule has 3 aromatic rings. The van der Waals surface area contributed by atoms with Crippen molar-refractivity contribution in [2.24, 2.45) is 0 Å². The van der Waals surface area contributed by atoms with Crippen LogP contribution in [0, 0.1) is 6.92 Å². The van der Waals surface area contributed by atoms with Crippen LogP contribution in [0.25, 0.3) is 5.69 Å². The minimum Gasteiger partial charge on any atom is -0.311 e. The molecule has 4 heteroatoms. The van der Waals surface area contributed by atoms with E-state index < -0.39 is 0 Å². The maximum atomic E-state index is 13.1. The van der Waals surface area contributed by atoms with E-state index in [0.717, 1.165) is 35.5 Å².